The molecule has 0 aliphatic heterocycles. The minimum absolute atomic E-state index is 0.0334. The van der Waals surface area contributed by atoms with Crippen molar-refractivity contribution in [3.63, 3.8) is 0 Å². The minimum atomic E-state index is -1.16. The summed E-state index contributed by atoms with van der Waals surface area (Å²) >= 11 is 0. The Hall–Kier alpha value is -4.64. The summed E-state index contributed by atoms with van der Waals surface area (Å²) in [7, 11) is 3.31. The molecule has 0 atom stereocenters. The predicted molar refractivity (Wildman–Crippen MR) is 134 cm³/mol. The Kier molecular flexibility index (Phi) is 7.52. The summed E-state index contributed by atoms with van der Waals surface area (Å²) in [6.45, 7) is -0.0963. The fourth-order valence-electron chi connectivity index (χ4n) is 3.48. The van der Waals surface area contributed by atoms with Crippen LogP contribution < -0.4 is 32.8 Å². The lowest BCUT2D eigenvalue weighted by molar-refractivity contribution is -0.121. The molecule has 0 radical (unpaired) electrons. The first-order valence-electron chi connectivity index (χ1n) is 10.6. The van der Waals surface area contributed by atoms with E-state index in [4.69, 9.17) is 16.9 Å². The number of aromatic carboxylic acids is 1. The number of benzene rings is 2. The van der Waals surface area contributed by atoms with Gasteiger partial charge in [0.05, 0.1) is 11.3 Å². The van der Waals surface area contributed by atoms with Gasteiger partial charge in [0.2, 0.25) is 5.91 Å². The van der Waals surface area contributed by atoms with Gasteiger partial charge >= 0.3 is 5.97 Å². The van der Waals surface area contributed by atoms with Crippen LogP contribution in [-0.2, 0) is 17.9 Å². The number of hydrazine groups is 1. The van der Waals surface area contributed by atoms with Gasteiger partial charge in [0.25, 0.3) is 5.56 Å². The number of carbonyl (C=O) groups excluding carboxylic acids is 1. The summed E-state index contributed by atoms with van der Waals surface area (Å²) < 4.78 is 1.28. The minimum Gasteiger partial charge on any atom is -0.478 e. The van der Waals surface area contributed by atoms with E-state index in [1.165, 1.54) is 21.7 Å². The van der Waals surface area contributed by atoms with Crippen LogP contribution in [0.5, 0.6) is 0 Å². The van der Waals surface area contributed by atoms with Gasteiger partial charge in [-0.05, 0) is 35.9 Å². The van der Waals surface area contributed by atoms with E-state index in [0.29, 0.717) is 22.5 Å². The molecule has 1 aromatic heterocycles. The highest BCUT2D eigenvalue weighted by molar-refractivity contribution is 5.95. The number of amides is 1. The Morgan fingerprint density at radius 2 is 1.77 bits per heavy atom. The summed E-state index contributed by atoms with van der Waals surface area (Å²) in [5, 5.41) is 21.1. The fourth-order valence-corrected chi connectivity index (χ4v) is 3.48. The van der Waals surface area contributed by atoms with Crippen LogP contribution in [0.25, 0.3) is 11.3 Å². The molecule has 3 aromatic rings. The molecule has 0 fully saturated rings. The van der Waals surface area contributed by atoms with Gasteiger partial charge in [0, 0.05) is 37.5 Å². The van der Waals surface area contributed by atoms with Crippen molar-refractivity contribution in [2.24, 2.45) is 5.73 Å². The topological polar surface area (TPSA) is 180 Å². The number of carbonyl (C=O) groups is 2. The van der Waals surface area contributed by atoms with Gasteiger partial charge in [-0.3, -0.25) is 19.6 Å². The van der Waals surface area contributed by atoms with Crippen LogP contribution in [0, 0.1) is 5.41 Å². The van der Waals surface area contributed by atoms with Crippen molar-refractivity contribution < 1.29 is 14.7 Å². The van der Waals surface area contributed by atoms with E-state index in [9.17, 15) is 19.5 Å². The zero-order valence-electron chi connectivity index (χ0n) is 19.3. The number of carboxylic acids is 1. The number of nitrogen functional groups attached to an aromatic ring is 2. The van der Waals surface area contributed by atoms with E-state index in [1.54, 1.807) is 56.6 Å². The molecule has 0 saturated heterocycles. The molecule has 0 saturated carbocycles. The third-order valence-corrected chi connectivity index (χ3v) is 5.41. The number of amidine groups is 1. The van der Waals surface area contributed by atoms with Gasteiger partial charge in [-0.15, -0.1) is 0 Å². The standard InChI is InChI=1S/C24H27N7O4/c1-28-30(2)20-8-7-19(16-9-17(24(34)35)11-18(25)10-16)31(23(20)33)13-21(32)29-12-14-3-5-15(6-4-14)22(26)27/h3-11,28H,12-13,25H2,1-2H3,(H3,26,27)(H,29,32)(H,34,35). The van der Waals surface area contributed by atoms with Crippen LogP contribution in [-0.4, -0.2) is 41.5 Å². The number of carboxylic acid groups (broad SMARTS) is 1. The zero-order valence-corrected chi connectivity index (χ0v) is 19.3. The lowest BCUT2D eigenvalue weighted by atomic mass is 10.1. The first kappa shape index (κ1) is 25.0. The molecule has 0 unspecified atom stereocenters. The quantitative estimate of drug-likeness (QED) is 0.114. The molecule has 11 heteroatoms. The highest BCUT2D eigenvalue weighted by atomic mass is 16.4. The Bertz CT molecular complexity index is 1330. The van der Waals surface area contributed by atoms with Gasteiger partial charge in [-0.25, -0.2) is 10.2 Å². The van der Waals surface area contributed by atoms with Crippen LogP contribution in [0.4, 0.5) is 11.4 Å². The van der Waals surface area contributed by atoms with Gasteiger partial charge in [0.15, 0.2) is 0 Å². The maximum atomic E-state index is 13.3. The molecule has 2 aromatic carbocycles. The second-order valence-electron chi connectivity index (χ2n) is 7.81. The summed E-state index contributed by atoms with van der Waals surface area (Å²) in [4.78, 5) is 37.6. The molecule has 11 nitrogen and oxygen atoms in total. The summed E-state index contributed by atoms with van der Waals surface area (Å²) in [6, 6.07) is 14.4. The first-order valence-corrected chi connectivity index (χ1v) is 10.6. The second kappa shape index (κ2) is 10.5. The van der Waals surface area contributed by atoms with E-state index in [-0.39, 0.29) is 30.2 Å². The van der Waals surface area contributed by atoms with Crippen LogP contribution >= 0.6 is 0 Å². The normalized spacial score (nSPS) is 10.6. The van der Waals surface area contributed by atoms with E-state index in [2.05, 4.69) is 10.7 Å². The van der Waals surface area contributed by atoms with Crippen LogP contribution in [0.1, 0.15) is 21.5 Å². The number of rotatable bonds is 9. The molecule has 1 heterocycles. The molecule has 0 spiro atoms. The largest absolute Gasteiger partial charge is 0.478 e. The maximum Gasteiger partial charge on any atom is 0.335 e. The average Bonchev–Trinajstić information content (AvgIpc) is 2.83. The summed E-state index contributed by atoms with van der Waals surface area (Å²) in [5.74, 6) is -1.63. The molecule has 0 bridgehead atoms. The molecular weight excluding hydrogens is 450 g/mol. The molecule has 3 rings (SSSR count). The van der Waals surface area contributed by atoms with Gasteiger partial charge < -0.3 is 26.9 Å². The third-order valence-electron chi connectivity index (χ3n) is 5.41. The maximum absolute atomic E-state index is 13.3. The van der Waals surface area contributed by atoms with E-state index < -0.39 is 17.4 Å². The lowest BCUT2D eigenvalue weighted by Gasteiger charge is -2.21. The molecular formula is C24H27N7O4. The van der Waals surface area contributed by atoms with Crippen LogP contribution in [0.2, 0.25) is 0 Å². The number of hydrogen-bond acceptors (Lipinski definition) is 7. The van der Waals surface area contributed by atoms with Gasteiger partial charge in [-0.1, -0.05) is 24.3 Å². The smallest absolute Gasteiger partial charge is 0.335 e. The van der Waals surface area contributed by atoms with Crippen molar-refractivity contribution >= 4 is 29.1 Å². The number of nitrogens with two attached hydrogens (primary N) is 2. The van der Waals surface area contributed by atoms with Gasteiger partial charge in [0.1, 0.15) is 18.1 Å². The van der Waals surface area contributed by atoms with E-state index in [0.717, 1.165) is 5.56 Å². The number of aromatic nitrogens is 1. The second-order valence-corrected chi connectivity index (χ2v) is 7.81. The van der Waals surface area contributed by atoms with Crippen LogP contribution in [0.15, 0.2) is 59.4 Å². The number of anilines is 2. The lowest BCUT2D eigenvalue weighted by Crippen LogP contribution is -2.39. The predicted octanol–water partition coefficient (Wildman–Crippen LogP) is 0.967. The van der Waals surface area contributed by atoms with E-state index in [1.807, 2.05) is 0 Å². The van der Waals surface area contributed by atoms with Gasteiger partial charge in [-0.2, -0.15) is 0 Å². The third kappa shape index (κ3) is 5.84. The van der Waals surface area contributed by atoms with Crippen molar-refractivity contribution in [3.05, 3.63) is 81.6 Å². The highest BCUT2D eigenvalue weighted by Crippen LogP contribution is 2.24. The SMILES string of the molecule is CNN(C)c1ccc(-c2cc(N)cc(C(=O)O)c2)n(CC(=O)NCc2ccc(C(=N)N)cc2)c1=O. The summed E-state index contributed by atoms with van der Waals surface area (Å²) in [5.41, 5.74) is 16.4. The van der Waals surface area contributed by atoms with E-state index >= 15 is 0 Å². The molecule has 0 aliphatic rings. The molecule has 1 amide bonds. The molecule has 182 valence electrons. The number of nitrogens with zero attached hydrogens (tertiary/aromatic N) is 2. The number of hydrogen-bond donors (Lipinski definition) is 6. The molecule has 8 N–H and O–H groups in total. The Morgan fingerprint density at radius 3 is 2.37 bits per heavy atom. The zero-order chi connectivity index (χ0) is 25.7. The van der Waals surface area contributed by atoms with Crippen molar-refractivity contribution in [1.82, 2.24) is 15.3 Å². The molecule has 0 aliphatic carbocycles. The number of pyridine rings is 1. The average molecular weight is 478 g/mol. The monoisotopic (exact) mass is 477 g/mol. The van der Waals surface area contributed by atoms with Crippen LogP contribution in [0.3, 0.4) is 0 Å². The fraction of sp³-hybridized carbons (Fsp3) is 0.167. The van der Waals surface area contributed by atoms with Crippen molar-refractivity contribution in [3.8, 4) is 11.3 Å². The summed E-state index contributed by atoms with van der Waals surface area (Å²) in [6.07, 6.45) is 0. The Morgan fingerprint density at radius 1 is 1.09 bits per heavy atom. The van der Waals surface area contributed by atoms with Crippen molar-refractivity contribution in [1.29, 1.82) is 5.41 Å². The van der Waals surface area contributed by atoms with Crippen molar-refractivity contribution in [2.45, 2.75) is 13.1 Å². The Balaban J connectivity index is 1.94. The first-order chi connectivity index (χ1) is 16.6. The highest BCUT2D eigenvalue weighted by Gasteiger charge is 2.17. The Labute approximate surface area is 201 Å². The number of nitrogens with one attached hydrogen (secondary N) is 3. The molecule has 35 heavy (non-hydrogen) atoms. The van der Waals surface area contributed by atoms with Crippen molar-refractivity contribution in [2.75, 3.05) is 24.8 Å².